The Balaban J connectivity index is 2.60. The summed E-state index contributed by atoms with van der Waals surface area (Å²) in [7, 11) is -1.15. The summed E-state index contributed by atoms with van der Waals surface area (Å²) in [6, 6.07) is 8.80. The smallest absolute Gasteiger partial charge is 0.312 e. The van der Waals surface area contributed by atoms with Gasteiger partial charge >= 0.3 is 7.60 Å². The fourth-order valence-corrected chi connectivity index (χ4v) is 2.42. The van der Waals surface area contributed by atoms with Gasteiger partial charge in [0.2, 0.25) is 0 Å². The van der Waals surface area contributed by atoms with E-state index in [0.29, 0.717) is 5.56 Å². The van der Waals surface area contributed by atoms with Gasteiger partial charge in [0.1, 0.15) is 6.16 Å². The number of benzene rings is 1. The third kappa shape index (κ3) is 4.33. The van der Waals surface area contributed by atoms with E-state index >= 15 is 0 Å². The molecule has 6 heteroatoms. The molecule has 1 atom stereocenters. The van der Waals surface area contributed by atoms with Crippen molar-refractivity contribution in [2.24, 2.45) is 0 Å². The van der Waals surface area contributed by atoms with Gasteiger partial charge in [-0.3, -0.25) is 9.36 Å². The van der Waals surface area contributed by atoms with Crippen LogP contribution < -0.4 is 0 Å². The van der Waals surface area contributed by atoms with E-state index in [1.807, 2.05) is 6.07 Å². The maximum absolute atomic E-state index is 13.7. The van der Waals surface area contributed by atoms with Crippen LogP contribution in [0.1, 0.15) is 5.56 Å². The highest BCUT2D eigenvalue weighted by Crippen LogP contribution is 2.46. The lowest BCUT2D eigenvalue weighted by molar-refractivity contribution is -0.121. The van der Waals surface area contributed by atoms with Gasteiger partial charge in [0.15, 0.2) is 12.0 Å². The van der Waals surface area contributed by atoms with Crippen LogP contribution in [0.25, 0.3) is 0 Å². The molecule has 0 fully saturated rings. The number of carbonyl (C=O) groups excluding carboxylic acids is 1. The Kier molecular flexibility index (Phi) is 5.66. The topological polar surface area (TPSA) is 52.6 Å². The first-order valence-electron chi connectivity index (χ1n) is 5.42. The molecular weight excluding hydrogens is 258 g/mol. The Labute approximate surface area is 106 Å². The maximum atomic E-state index is 13.7. The van der Waals surface area contributed by atoms with Crippen molar-refractivity contribution < 1.29 is 22.8 Å². The summed E-state index contributed by atoms with van der Waals surface area (Å²) >= 11 is 0. The standard InChI is InChI=1S/C12H16FO4P/c1-16-18(15,17-2)9-12(14)11(13)8-10-6-4-3-5-7-10/h3-7,11H,8-9H2,1-2H3. The molecule has 0 heterocycles. The number of carbonyl (C=O) groups is 1. The summed E-state index contributed by atoms with van der Waals surface area (Å²) in [4.78, 5) is 11.6. The van der Waals surface area contributed by atoms with E-state index in [0.717, 1.165) is 0 Å². The van der Waals surface area contributed by atoms with E-state index in [-0.39, 0.29) is 6.42 Å². The molecule has 4 nitrogen and oxygen atoms in total. The van der Waals surface area contributed by atoms with E-state index in [1.54, 1.807) is 24.3 Å². The Morgan fingerprint density at radius 1 is 1.28 bits per heavy atom. The summed E-state index contributed by atoms with van der Waals surface area (Å²) < 4.78 is 34.6. The molecule has 0 radical (unpaired) electrons. The molecule has 1 unspecified atom stereocenters. The first-order chi connectivity index (χ1) is 8.50. The van der Waals surface area contributed by atoms with Crippen molar-refractivity contribution in [2.45, 2.75) is 12.6 Å². The highest BCUT2D eigenvalue weighted by Gasteiger charge is 2.30. The second kappa shape index (κ2) is 6.78. The van der Waals surface area contributed by atoms with Crippen LogP contribution in [0, 0.1) is 0 Å². The molecule has 0 N–H and O–H groups in total. The zero-order valence-corrected chi connectivity index (χ0v) is 11.2. The predicted octanol–water partition coefficient (Wildman–Crippen LogP) is 2.62. The van der Waals surface area contributed by atoms with Gasteiger partial charge in [-0.2, -0.15) is 0 Å². The quantitative estimate of drug-likeness (QED) is 0.717. The summed E-state index contributed by atoms with van der Waals surface area (Å²) in [5.41, 5.74) is 0.711. The van der Waals surface area contributed by atoms with E-state index in [1.165, 1.54) is 14.2 Å². The van der Waals surface area contributed by atoms with Crippen molar-refractivity contribution in [2.75, 3.05) is 20.4 Å². The number of alkyl halides is 1. The van der Waals surface area contributed by atoms with Crippen molar-refractivity contribution in [3.63, 3.8) is 0 Å². The SMILES string of the molecule is COP(=O)(CC(=O)C(F)Cc1ccccc1)OC. The summed E-state index contributed by atoms with van der Waals surface area (Å²) in [5.74, 6) is -0.772. The van der Waals surface area contributed by atoms with Gasteiger partial charge in [0.25, 0.3) is 0 Å². The van der Waals surface area contributed by atoms with E-state index in [9.17, 15) is 13.8 Å². The molecule has 1 rings (SSSR count). The summed E-state index contributed by atoms with van der Waals surface area (Å²) in [6.07, 6.45) is -2.28. The van der Waals surface area contributed by atoms with E-state index in [4.69, 9.17) is 0 Å². The molecule has 0 aromatic heterocycles. The molecule has 0 saturated heterocycles. The van der Waals surface area contributed by atoms with Crippen LogP contribution >= 0.6 is 7.60 Å². The molecule has 0 amide bonds. The first kappa shape index (κ1) is 15.0. The molecule has 0 saturated carbocycles. The number of Topliss-reactive ketones (excluding diaryl/α,β-unsaturated/α-hetero) is 1. The molecule has 0 aliphatic rings. The van der Waals surface area contributed by atoms with Crippen LogP contribution in [0.4, 0.5) is 4.39 Å². The lowest BCUT2D eigenvalue weighted by Crippen LogP contribution is -2.22. The Bertz CT molecular complexity index is 427. The molecule has 1 aromatic rings. The van der Waals surface area contributed by atoms with E-state index in [2.05, 4.69) is 9.05 Å². The van der Waals surface area contributed by atoms with Crippen molar-refractivity contribution in [1.29, 1.82) is 0 Å². The second-order valence-electron chi connectivity index (χ2n) is 3.76. The van der Waals surface area contributed by atoms with Crippen LogP contribution in [0.3, 0.4) is 0 Å². The van der Waals surface area contributed by atoms with Crippen LogP contribution in [0.2, 0.25) is 0 Å². The van der Waals surface area contributed by atoms with Gasteiger partial charge in [0.05, 0.1) is 0 Å². The fourth-order valence-electron chi connectivity index (χ4n) is 1.43. The molecular formula is C12H16FO4P. The lowest BCUT2D eigenvalue weighted by atomic mass is 10.1. The molecule has 1 aromatic carbocycles. The molecule has 0 aliphatic heterocycles. The number of hydrogen-bond donors (Lipinski definition) is 0. The minimum Gasteiger partial charge on any atom is -0.312 e. The third-order valence-corrected chi connectivity index (χ3v) is 4.32. The average molecular weight is 274 g/mol. The van der Waals surface area contributed by atoms with Gasteiger partial charge in [-0.15, -0.1) is 0 Å². The van der Waals surface area contributed by atoms with Gasteiger partial charge in [-0.1, -0.05) is 30.3 Å². The zero-order chi connectivity index (χ0) is 13.6. The van der Waals surface area contributed by atoms with Gasteiger partial charge < -0.3 is 9.05 Å². The van der Waals surface area contributed by atoms with Gasteiger partial charge in [-0.05, 0) is 5.56 Å². The number of hydrogen-bond acceptors (Lipinski definition) is 4. The summed E-state index contributed by atoms with van der Waals surface area (Å²) in [5, 5.41) is 0. The highest BCUT2D eigenvalue weighted by molar-refractivity contribution is 7.54. The normalized spacial score (nSPS) is 13.3. The average Bonchev–Trinajstić information content (AvgIpc) is 2.39. The minimum atomic E-state index is -3.49. The lowest BCUT2D eigenvalue weighted by Gasteiger charge is -2.14. The molecule has 0 aliphatic carbocycles. The van der Waals surface area contributed by atoms with Gasteiger partial charge in [-0.25, -0.2) is 4.39 Å². The number of rotatable bonds is 7. The third-order valence-electron chi connectivity index (χ3n) is 2.51. The largest absolute Gasteiger partial charge is 0.337 e. The molecule has 100 valence electrons. The van der Waals surface area contributed by atoms with Crippen molar-refractivity contribution in [3.05, 3.63) is 35.9 Å². The predicted molar refractivity (Wildman–Crippen MR) is 66.5 cm³/mol. The zero-order valence-electron chi connectivity index (χ0n) is 10.3. The number of halogens is 1. The Morgan fingerprint density at radius 3 is 2.33 bits per heavy atom. The van der Waals surface area contributed by atoms with Crippen molar-refractivity contribution in [3.8, 4) is 0 Å². The minimum absolute atomic E-state index is 0.0346. The maximum Gasteiger partial charge on any atom is 0.337 e. The van der Waals surface area contributed by atoms with Crippen LogP contribution in [-0.2, 0) is 24.8 Å². The van der Waals surface area contributed by atoms with Crippen LogP contribution in [-0.4, -0.2) is 32.3 Å². The Morgan fingerprint density at radius 2 is 1.83 bits per heavy atom. The second-order valence-corrected chi connectivity index (χ2v) is 6.03. The van der Waals surface area contributed by atoms with Crippen LogP contribution in [0.5, 0.6) is 0 Å². The Hall–Kier alpha value is -1.03. The van der Waals surface area contributed by atoms with E-state index < -0.39 is 25.7 Å². The monoisotopic (exact) mass is 274 g/mol. The van der Waals surface area contributed by atoms with Crippen molar-refractivity contribution in [1.82, 2.24) is 0 Å². The summed E-state index contributed by atoms with van der Waals surface area (Å²) in [6.45, 7) is 0. The van der Waals surface area contributed by atoms with Crippen LogP contribution in [0.15, 0.2) is 30.3 Å². The van der Waals surface area contributed by atoms with Gasteiger partial charge in [0, 0.05) is 20.6 Å². The van der Waals surface area contributed by atoms with Crippen molar-refractivity contribution >= 4 is 13.4 Å². The molecule has 0 spiro atoms. The molecule has 18 heavy (non-hydrogen) atoms. The highest BCUT2D eigenvalue weighted by atomic mass is 31.2. The number of ketones is 1. The molecule has 0 bridgehead atoms. The fraction of sp³-hybridized carbons (Fsp3) is 0.417. The first-order valence-corrected chi connectivity index (χ1v) is 7.15.